The summed E-state index contributed by atoms with van der Waals surface area (Å²) in [4.78, 5) is 11.4. The minimum atomic E-state index is -4.50. The summed E-state index contributed by atoms with van der Waals surface area (Å²) < 4.78 is 48.4. The molecule has 0 atom stereocenters. The summed E-state index contributed by atoms with van der Waals surface area (Å²) in [5, 5.41) is 0. The summed E-state index contributed by atoms with van der Waals surface area (Å²) >= 11 is 2.96. The smallest absolute Gasteiger partial charge is 0.416 e. The number of methoxy groups -OCH3 is 1. The van der Waals surface area contributed by atoms with Crippen LogP contribution in [0.15, 0.2) is 40.3 Å². The van der Waals surface area contributed by atoms with Crippen LogP contribution in [0.3, 0.4) is 0 Å². The molecule has 3 nitrogen and oxygen atoms in total. The fourth-order valence-electron chi connectivity index (χ4n) is 1.70. The zero-order valence-corrected chi connectivity index (χ0v) is 11.7. The molecule has 0 spiro atoms. The van der Waals surface area contributed by atoms with Gasteiger partial charge >= 0.3 is 12.1 Å². The van der Waals surface area contributed by atoms with Crippen LogP contribution in [0, 0.1) is 0 Å². The first-order valence-electron chi connectivity index (χ1n) is 5.39. The van der Waals surface area contributed by atoms with Gasteiger partial charge in [-0.25, -0.2) is 4.79 Å². The molecule has 1 heterocycles. The maximum absolute atomic E-state index is 12.9. The molecule has 0 radical (unpaired) electrons. The monoisotopic (exact) mass is 348 g/mol. The average Bonchev–Trinajstić information content (AvgIpc) is 2.64. The molecular formula is C13H8BrF3O3. The molecular weight excluding hydrogens is 341 g/mol. The minimum Gasteiger partial charge on any atom is -0.491 e. The fraction of sp³-hybridized carbons (Fsp3) is 0.154. The Morgan fingerprint density at radius 2 is 1.95 bits per heavy atom. The van der Waals surface area contributed by atoms with E-state index in [1.54, 1.807) is 0 Å². The van der Waals surface area contributed by atoms with Crippen molar-refractivity contribution < 1.29 is 27.4 Å². The van der Waals surface area contributed by atoms with E-state index < -0.39 is 17.7 Å². The molecule has 0 fully saturated rings. The van der Waals surface area contributed by atoms with E-state index in [0.717, 1.165) is 12.1 Å². The lowest BCUT2D eigenvalue weighted by molar-refractivity contribution is -0.137. The Kier molecular flexibility index (Phi) is 3.89. The third-order valence-electron chi connectivity index (χ3n) is 2.56. The van der Waals surface area contributed by atoms with E-state index in [4.69, 9.17) is 9.47 Å². The highest BCUT2D eigenvalue weighted by Gasteiger charge is 2.34. The lowest BCUT2D eigenvalue weighted by Crippen LogP contribution is -2.07. The maximum Gasteiger partial charge on any atom is 0.416 e. The summed E-state index contributed by atoms with van der Waals surface area (Å²) in [7, 11) is 1.29. The zero-order valence-electron chi connectivity index (χ0n) is 10.1. The molecule has 1 aliphatic rings. The van der Waals surface area contributed by atoms with Gasteiger partial charge in [-0.05, 0) is 33.6 Å². The molecule has 0 amide bonds. The molecule has 1 aromatic rings. The highest BCUT2D eigenvalue weighted by Crippen LogP contribution is 2.36. The van der Waals surface area contributed by atoms with Crippen LogP contribution in [0.1, 0.15) is 11.1 Å². The number of halogens is 4. The summed E-state index contributed by atoms with van der Waals surface area (Å²) in [5.74, 6) is -0.717. The van der Waals surface area contributed by atoms with Gasteiger partial charge in [0.2, 0.25) is 0 Å². The summed E-state index contributed by atoms with van der Waals surface area (Å²) in [6.45, 7) is 0. The van der Waals surface area contributed by atoms with Gasteiger partial charge in [0.15, 0.2) is 11.5 Å². The van der Waals surface area contributed by atoms with Gasteiger partial charge in [-0.3, -0.25) is 0 Å². The van der Waals surface area contributed by atoms with E-state index in [2.05, 4.69) is 15.9 Å². The molecule has 0 aliphatic carbocycles. The number of rotatable bonds is 2. The van der Waals surface area contributed by atoms with Crippen molar-refractivity contribution in [1.82, 2.24) is 0 Å². The summed E-state index contributed by atoms with van der Waals surface area (Å²) in [6, 6.07) is 4.98. The van der Waals surface area contributed by atoms with Crippen molar-refractivity contribution in [3.8, 4) is 0 Å². The van der Waals surface area contributed by atoms with E-state index in [1.807, 2.05) is 0 Å². The quantitative estimate of drug-likeness (QED) is 0.761. The fourth-order valence-corrected chi connectivity index (χ4v) is 2.14. The third kappa shape index (κ3) is 2.72. The standard InChI is InChI=1S/C13H8BrF3O3/c1-19-11-9(20-12(18)10(11)14)6-7-4-2-3-5-8(7)13(15,16)17/h2-6H,1H3. The molecule has 0 saturated carbocycles. The Labute approximate surface area is 120 Å². The Morgan fingerprint density at radius 1 is 1.30 bits per heavy atom. The van der Waals surface area contributed by atoms with Crippen LogP contribution in [0.25, 0.3) is 6.08 Å². The molecule has 2 rings (SSSR count). The van der Waals surface area contributed by atoms with Gasteiger partial charge in [-0.15, -0.1) is 0 Å². The third-order valence-corrected chi connectivity index (χ3v) is 3.25. The number of benzene rings is 1. The number of ether oxygens (including phenoxy) is 2. The second kappa shape index (κ2) is 5.32. The van der Waals surface area contributed by atoms with Gasteiger partial charge in [-0.2, -0.15) is 13.2 Å². The molecule has 0 saturated heterocycles. The van der Waals surface area contributed by atoms with E-state index in [-0.39, 0.29) is 21.6 Å². The Morgan fingerprint density at radius 3 is 2.55 bits per heavy atom. The Balaban J connectivity index is 2.50. The molecule has 7 heteroatoms. The van der Waals surface area contributed by atoms with Gasteiger partial charge < -0.3 is 9.47 Å². The van der Waals surface area contributed by atoms with Crippen LogP contribution in [0.5, 0.6) is 0 Å². The minimum absolute atomic E-state index is 0.0377. The molecule has 0 bridgehead atoms. The van der Waals surface area contributed by atoms with Crippen molar-refractivity contribution in [2.75, 3.05) is 7.11 Å². The van der Waals surface area contributed by atoms with Gasteiger partial charge in [0.1, 0.15) is 4.48 Å². The van der Waals surface area contributed by atoms with Gasteiger partial charge in [0.05, 0.1) is 12.7 Å². The first-order valence-corrected chi connectivity index (χ1v) is 6.18. The number of esters is 1. The number of carbonyl (C=O) groups is 1. The molecule has 0 unspecified atom stereocenters. The predicted octanol–water partition coefficient (Wildman–Crippen LogP) is 3.86. The van der Waals surface area contributed by atoms with Crippen LogP contribution >= 0.6 is 15.9 Å². The second-order valence-electron chi connectivity index (χ2n) is 3.83. The van der Waals surface area contributed by atoms with Crippen molar-refractivity contribution in [2.24, 2.45) is 0 Å². The molecule has 0 aromatic heterocycles. The van der Waals surface area contributed by atoms with Gasteiger partial charge in [0, 0.05) is 0 Å². The number of carbonyl (C=O) groups excluding carboxylic acids is 1. The summed E-state index contributed by atoms with van der Waals surface area (Å²) in [6.07, 6.45) is -3.38. The number of hydrogen-bond acceptors (Lipinski definition) is 3. The topological polar surface area (TPSA) is 35.5 Å². The van der Waals surface area contributed by atoms with Crippen LogP contribution in [0.4, 0.5) is 13.2 Å². The van der Waals surface area contributed by atoms with E-state index in [0.29, 0.717) is 0 Å². The SMILES string of the molecule is COC1=C(Br)C(=O)OC1=Cc1ccccc1C(F)(F)F. The lowest BCUT2D eigenvalue weighted by Gasteiger charge is -2.10. The van der Waals surface area contributed by atoms with Crippen molar-refractivity contribution in [2.45, 2.75) is 6.18 Å². The largest absolute Gasteiger partial charge is 0.491 e. The highest BCUT2D eigenvalue weighted by molar-refractivity contribution is 9.12. The first-order chi connectivity index (χ1) is 9.34. The van der Waals surface area contributed by atoms with Crippen molar-refractivity contribution >= 4 is 28.0 Å². The molecule has 106 valence electrons. The summed E-state index contributed by atoms with van der Waals surface area (Å²) in [5.41, 5.74) is -0.929. The number of alkyl halides is 3. The highest BCUT2D eigenvalue weighted by atomic mass is 79.9. The van der Waals surface area contributed by atoms with Crippen molar-refractivity contribution in [3.05, 3.63) is 51.4 Å². The predicted molar refractivity (Wildman–Crippen MR) is 68.5 cm³/mol. The van der Waals surface area contributed by atoms with E-state index in [9.17, 15) is 18.0 Å². The van der Waals surface area contributed by atoms with Crippen LogP contribution in [0.2, 0.25) is 0 Å². The first kappa shape index (κ1) is 14.6. The number of cyclic esters (lactones) is 1. The maximum atomic E-state index is 12.9. The van der Waals surface area contributed by atoms with Crippen molar-refractivity contribution in [1.29, 1.82) is 0 Å². The molecule has 20 heavy (non-hydrogen) atoms. The Bertz CT molecular complexity index is 618. The van der Waals surface area contributed by atoms with E-state index >= 15 is 0 Å². The van der Waals surface area contributed by atoms with Crippen LogP contribution < -0.4 is 0 Å². The zero-order chi connectivity index (χ0) is 14.9. The molecule has 1 aromatic carbocycles. The second-order valence-corrected chi connectivity index (χ2v) is 4.62. The normalized spacial score (nSPS) is 17.6. The van der Waals surface area contributed by atoms with Crippen LogP contribution in [-0.4, -0.2) is 13.1 Å². The van der Waals surface area contributed by atoms with Gasteiger partial charge in [-0.1, -0.05) is 18.2 Å². The molecule has 0 N–H and O–H groups in total. The van der Waals surface area contributed by atoms with E-state index in [1.165, 1.54) is 25.3 Å². The Hall–Kier alpha value is -1.76. The lowest BCUT2D eigenvalue weighted by atomic mass is 10.1. The van der Waals surface area contributed by atoms with Crippen LogP contribution in [-0.2, 0) is 20.4 Å². The number of hydrogen-bond donors (Lipinski definition) is 0. The van der Waals surface area contributed by atoms with Gasteiger partial charge in [0.25, 0.3) is 0 Å². The van der Waals surface area contributed by atoms with Crippen molar-refractivity contribution in [3.63, 3.8) is 0 Å². The molecule has 1 aliphatic heterocycles. The average molecular weight is 349 g/mol.